The van der Waals surface area contributed by atoms with Crippen molar-refractivity contribution in [2.75, 3.05) is 20.1 Å². The van der Waals surface area contributed by atoms with Gasteiger partial charge in [-0.25, -0.2) is 0 Å². The van der Waals surface area contributed by atoms with E-state index in [9.17, 15) is 5.11 Å². The number of H-pyrrole nitrogens is 1. The molecule has 0 radical (unpaired) electrons. The number of aryl methyl sites for hydroxylation is 2. The molecule has 4 heteroatoms. The summed E-state index contributed by atoms with van der Waals surface area (Å²) in [6, 6.07) is 21.3. The summed E-state index contributed by atoms with van der Waals surface area (Å²) in [6.07, 6.45) is 5.56. The number of benzene rings is 2. The second-order valence-electron chi connectivity index (χ2n) is 10.7. The van der Waals surface area contributed by atoms with Gasteiger partial charge in [-0.15, -0.1) is 0 Å². The van der Waals surface area contributed by atoms with Gasteiger partial charge >= 0.3 is 0 Å². The fourth-order valence-corrected chi connectivity index (χ4v) is 5.72. The summed E-state index contributed by atoms with van der Waals surface area (Å²) in [4.78, 5) is 10.4. The molecule has 1 aliphatic heterocycles. The highest BCUT2D eigenvalue weighted by Crippen LogP contribution is 2.50. The molecule has 5 rings (SSSR count). The lowest BCUT2D eigenvalue weighted by molar-refractivity contribution is -0.127. The van der Waals surface area contributed by atoms with E-state index in [-0.39, 0.29) is 5.41 Å². The van der Waals surface area contributed by atoms with Gasteiger partial charge in [-0.2, -0.15) is 0 Å². The van der Waals surface area contributed by atoms with E-state index in [1.54, 1.807) is 0 Å². The second kappa shape index (κ2) is 8.68. The number of aromatic amines is 1. The highest BCUT2D eigenvalue weighted by Gasteiger charge is 2.55. The molecule has 0 saturated carbocycles. The molecular formula is C30H35N3O. The quantitative estimate of drug-likeness (QED) is 0.380. The van der Waals surface area contributed by atoms with Gasteiger partial charge in [0.1, 0.15) is 5.60 Å². The van der Waals surface area contributed by atoms with E-state index >= 15 is 0 Å². The van der Waals surface area contributed by atoms with Crippen LogP contribution in [0.1, 0.15) is 54.6 Å². The maximum atomic E-state index is 12.4. The van der Waals surface area contributed by atoms with Gasteiger partial charge in [-0.05, 0) is 66.1 Å². The molecule has 1 aliphatic rings. The van der Waals surface area contributed by atoms with E-state index in [1.807, 2.05) is 12.4 Å². The SMILES string of the molecule is CC(C)c1ccc(C(O)(c2cncc(CCc3cc4ccccc4[nH]3)c2)C2(C)CN(C)C2)cc1. The van der Waals surface area contributed by atoms with Crippen molar-refractivity contribution in [1.82, 2.24) is 14.9 Å². The van der Waals surface area contributed by atoms with Crippen LogP contribution in [-0.2, 0) is 18.4 Å². The van der Waals surface area contributed by atoms with E-state index in [0.29, 0.717) is 5.92 Å². The summed E-state index contributed by atoms with van der Waals surface area (Å²) >= 11 is 0. The van der Waals surface area contributed by atoms with Crippen LogP contribution in [0.3, 0.4) is 0 Å². The Hall–Kier alpha value is -2.95. The van der Waals surface area contributed by atoms with Crippen molar-refractivity contribution in [3.05, 3.63) is 101 Å². The standard InChI is InChI=1S/C30H35N3O/c1-21(2)23-10-12-25(13-11-23)30(34,29(3)19-33(4)20-29)26-15-22(17-31-18-26)9-14-27-16-24-7-5-6-8-28(24)32-27/h5-8,10-13,15-18,21,32,34H,9,14,19-20H2,1-4H3. The summed E-state index contributed by atoms with van der Waals surface area (Å²) in [5.74, 6) is 0.460. The highest BCUT2D eigenvalue weighted by atomic mass is 16.3. The number of aliphatic hydroxyl groups is 1. The Morgan fingerprint density at radius 3 is 2.41 bits per heavy atom. The largest absolute Gasteiger partial charge is 0.380 e. The molecule has 2 N–H and O–H groups in total. The van der Waals surface area contributed by atoms with Crippen LogP contribution in [0.5, 0.6) is 0 Å². The molecule has 1 unspecified atom stereocenters. The van der Waals surface area contributed by atoms with Crippen LogP contribution in [0.25, 0.3) is 10.9 Å². The molecule has 1 atom stereocenters. The molecule has 0 amide bonds. The Bertz CT molecular complexity index is 1250. The van der Waals surface area contributed by atoms with Crippen molar-refractivity contribution in [1.29, 1.82) is 0 Å². The van der Waals surface area contributed by atoms with Gasteiger partial charge in [0.15, 0.2) is 0 Å². The first-order chi connectivity index (χ1) is 16.3. The number of para-hydroxylation sites is 1. The zero-order valence-corrected chi connectivity index (χ0v) is 20.7. The minimum absolute atomic E-state index is 0.279. The second-order valence-corrected chi connectivity index (χ2v) is 10.7. The maximum Gasteiger partial charge on any atom is 0.124 e. The van der Waals surface area contributed by atoms with Gasteiger partial charge in [0.2, 0.25) is 0 Å². The van der Waals surface area contributed by atoms with Crippen LogP contribution in [0.2, 0.25) is 0 Å². The van der Waals surface area contributed by atoms with Crippen molar-refractivity contribution in [2.45, 2.75) is 45.1 Å². The predicted molar refractivity (Wildman–Crippen MR) is 139 cm³/mol. The molecule has 34 heavy (non-hydrogen) atoms. The first-order valence-electron chi connectivity index (χ1n) is 12.3. The lowest BCUT2D eigenvalue weighted by atomic mass is 9.62. The fraction of sp³-hybridized carbons (Fsp3) is 0.367. The number of hydrogen-bond acceptors (Lipinski definition) is 3. The predicted octanol–water partition coefficient (Wildman–Crippen LogP) is 5.66. The van der Waals surface area contributed by atoms with E-state index in [1.165, 1.54) is 22.2 Å². The molecule has 0 aliphatic carbocycles. The van der Waals surface area contributed by atoms with Crippen LogP contribution < -0.4 is 0 Å². The number of likely N-dealkylation sites (tertiary alicyclic amines) is 1. The first kappa shape index (κ1) is 22.8. The molecule has 2 aromatic heterocycles. The molecule has 4 aromatic rings. The van der Waals surface area contributed by atoms with E-state index in [0.717, 1.165) is 42.6 Å². The zero-order valence-electron chi connectivity index (χ0n) is 20.7. The highest BCUT2D eigenvalue weighted by molar-refractivity contribution is 5.80. The van der Waals surface area contributed by atoms with Gasteiger partial charge in [-0.1, -0.05) is 63.2 Å². The third-order valence-electron chi connectivity index (χ3n) is 7.59. The molecule has 176 valence electrons. The summed E-state index contributed by atoms with van der Waals surface area (Å²) < 4.78 is 0. The average molecular weight is 454 g/mol. The molecule has 1 saturated heterocycles. The Morgan fingerprint density at radius 2 is 1.74 bits per heavy atom. The Labute approximate surface area is 202 Å². The van der Waals surface area contributed by atoms with Crippen molar-refractivity contribution in [3.8, 4) is 0 Å². The molecule has 0 bridgehead atoms. The lowest BCUT2D eigenvalue weighted by Gasteiger charge is -2.56. The minimum atomic E-state index is -1.10. The van der Waals surface area contributed by atoms with Crippen LogP contribution in [0.15, 0.2) is 73.1 Å². The molecule has 4 nitrogen and oxygen atoms in total. The number of aromatic nitrogens is 2. The molecule has 3 heterocycles. The molecule has 0 spiro atoms. The number of rotatable bonds is 7. The van der Waals surface area contributed by atoms with Crippen molar-refractivity contribution < 1.29 is 5.11 Å². The average Bonchev–Trinajstić information content (AvgIpc) is 3.24. The number of nitrogens with one attached hydrogen (secondary N) is 1. The summed E-state index contributed by atoms with van der Waals surface area (Å²) in [7, 11) is 2.11. The van der Waals surface area contributed by atoms with Crippen LogP contribution in [-0.4, -0.2) is 40.1 Å². The van der Waals surface area contributed by atoms with Crippen molar-refractivity contribution in [3.63, 3.8) is 0 Å². The summed E-state index contributed by atoms with van der Waals surface area (Å²) in [5.41, 5.74) is 5.27. The van der Waals surface area contributed by atoms with E-state index in [4.69, 9.17) is 0 Å². The number of hydrogen-bond donors (Lipinski definition) is 2. The van der Waals surface area contributed by atoms with Crippen molar-refractivity contribution in [2.24, 2.45) is 5.41 Å². The minimum Gasteiger partial charge on any atom is -0.380 e. The van der Waals surface area contributed by atoms with Crippen LogP contribution in [0.4, 0.5) is 0 Å². The van der Waals surface area contributed by atoms with Crippen LogP contribution in [0, 0.1) is 5.41 Å². The van der Waals surface area contributed by atoms with Gasteiger partial charge in [0, 0.05) is 47.7 Å². The molecule has 2 aromatic carbocycles. The Kier molecular flexibility index (Phi) is 5.83. The molecule has 1 fully saturated rings. The smallest absolute Gasteiger partial charge is 0.124 e. The van der Waals surface area contributed by atoms with Gasteiger partial charge < -0.3 is 15.0 Å². The third-order valence-corrected chi connectivity index (χ3v) is 7.59. The van der Waals surface area contributed by atoms with Crippen molar-refractivity contribution >= 4 is 10.9 Å². The van der Waals surface area contributed by atoms with Crippen LogP contribution >= 0.6 is 0 Å². The number of nitrogens with zero attached hydrogens (tertiary/aromatic N) is 2. The Balaban J connectivity index is 1.46. The first-order valence-corrected chi connectivity index (χ1v) is 12.3. The summed E-state index contributed by atoms with van der Waals surface area (Å²) in [6.45, 7) is 8.28. The Morgan fingerprint density at radius 1 is 1.00 bits per heavy atom. The molecular weight excluding hydrogens is 418 g/mol. The zero-order chi connectivity index (χ0) is 23.9. The number of fused-ring (bicyclic) bond motifs is 1. The van der Waals surface area contributed by atoms with E-state index < -0.39 is 5.60 Å². The maximum absolute atomic E-state index is 12.4. The monoisotopic (exact) mass is 453 g/mol. The van der Waals surface area contributed by atoms with E-state index in [2.05, 4.69) is 103 Å². The van der Waals surface area contributed by atoms with Gasteiger partial charge in [0.05, 0.1) is 0 Å². The fourth-order valence-electron chi connectivity index (χ4n) is 5.72. The van der Waals surface area contributed by atoms with Gasteiger partial charge in [0.25, 0.3) is 0 Å². The normalized spacial score (nSPS) is 17.6. The summed E-state index contributed by atoms with van der Waals surface area (Å²) in [5, 5.41) is 13.7. The number of pyridine rings is 1. The third kappa shape index (κ3) is 3.95. The van der Waals surface area contributed by atoms with Gasteiger partial charge in [-0.3, -0.25) is 4.98 Å². The lowest BCUT2D eigenvalue weighted by Crippen LogP contribution is -2.63. The topological polar surface area (TPSA) is 52.2 Å².